The third kappa shape index (κ3) is 3.80. The van der Waals surface area contributed by atoms with Crippen LogP contribution in [0.15, 0.2) is 109 Å². The van der Waals surface area contributed by atoms with Gasteiger partial charge in [0, 0.05) is 22.6 Å². The number of barbiturate groups is 1. The Morgan fingerprint density at radius 2 is 1.12 bits per heavy atom. The van der Waals surface area contributed by atoms with Crippen LogP contribution in [0.4, 0.5) is 16.2 Å². The van der Waals surface area contributed by atoms with Crippen molar-refractivity contribution in [3.8, 4) is 5.69 Å². The average molecular weight is 468 g/mol. The van der Waals surface area contributed by atoms with Crippen molar-refractivity contribution in [2.24, 2.45) is 0 Å². The standard InChI is InChI=1S/C27H18ClN3O3/c28-19-13-15-20(16-14-19)29-17-7-12-23(29)18-24-25(32)30(21-8-3-1-4-9-21)27(34)31(26(24)33)22-10-5-2-6-11-22/h1-18H. The number of aromatic nitrogens is 1. The fraction of sp³-hybridized carbons (Fsp3) is 0. The maximum Gasteiger partial charge on any atom is 0.343 e. The normalized spacial score (nSPS) is 14.0. The summed E-state index contributed by atoms with van der Waals surface area (Å²) < 4.78 is 1.83. The second-order valence-corrected chi connectivity index (χ2v) is 8.01. The molecule has 0 spiro atoms. The minimum atomic E-state index is -0.724. The zero-order chi connectivity index (χ0) is 23.7. The lowest BCUT2D eigenvalue weighted by molar-refractivity contribution is -0.121. The highest BCUT2D eigenvalue weighted by atomic mass is 35.5. The van der Waals surface area contributed by atoms with Gasteiger partial charge in [0.1, 0.15) is 5.57 Å². The van der Waals surface area contributed by atoms with E-state index < -0.39 is 17.8 Å². The Hall–Kier alpha value is -4.42. The fourth-order valence-corrected chi connectivity index (χ4v) is 3.96. The second-order valence-electron chi connectivity index (χ2n) is 7.57. The molecule has 0 bridgehead atoms. The molecule has 0 N–H and O–H groups in total. The maximum absolute atomic E-state index is 13.5. The molecule has 1 aromatic heterocycles. The van der Waals surface area contributed by atoms with Crippen molar-refractivity contribution in [3.63, 3.8) is 0 Å². The average Bonchev–Trinajstić information content (AvgIpc) is 3.32. The number of para-hydroxylation sites is 2. The van der Waals surface area contributed by atoms with Gasteiger partial charge < -0.3 is 4.57 Å². The Kier molecular flexibility index (Phi) is 5.57. The van der Waals surface area contributed by atoms with E-state index in [2.05, 4.69) is 0 Å². The maximum atomic E-state index is 13.5. The van der Waals surface area contributed by atoms with Crippen molar-refractivity contribution in [3.05, 3.63) is 120 Å². The van der Waals surface area contributed by atoms with E-state index in [4.69, 9.17) is 11.6 Å². The monoisotopic (exact) mass is 467 g/mol. The second kappa shape index (κ2) is 8.84. The number of nitrogens with zero attached hydrogens (tertiary/aromatic N) is 3. The van der Waals surface area contributed by atoms with Gasteiger partial charge in [-0.05, 0) is 66.7 Å². The van der Waals surface area contributed by atoms with Crippen LogP contribution in [-0.4, -0.2) is 22.4 Å². The molecule has 0 unspecified atom stereocenters. The third-order valence-electron chi connectivity index (χ3n) is 5.46. The molecule has 2 heterocycles. The summed E-state index contributed by atoms with van der Waals surface area (Å²) in [5.41, 5.74) is 2.05. The Balaban J connectivity index is 1.64. The van der Waals surface area contributed by atoms with E-state index in [1.807, 2.05) is 29.0 Å². The van der Waals surface area contributed by atoms with Gasteiger partial charge >= 0.3 is 6.03 Å². The van der Waals surface area contributed by atoms with E-state index in [0.29, 0.717) is 22.1 Å². The molecule has 1 aliphatic rings. The summed E-state index contributed by atoms with van der Waals surface area (Å²) in [6.45, 7) is 0. The van der Waals surface area contributed by atoms with Crippen LogP contribution in [0.25, 0.3) is 11.8 Å². The van der Waals surface area contributed by atoms with Gasteiger partial charge in [-0.1, -0.05) is 48.0 Å². The van der Waals surface area contributed by atoms with Crippen LogP contribution in [0.3, 0.4) is 0 Å². The molecule has 1 fully saturated rings. The van der Waals surface area contributed by atoms with Crippen LogP contribution < -0.4 is 9.80 Å². The summed E-state index contributed by atoms with van der Waals surface area (Å²) in [5.74, 6) is -1.37. The summed E-state index contributed by atoms with van der Waals surface area (Å²) >= 11 is 6.02. The first-order valence-corrected chi connectivity index (χ1v) is 10.9. The zero-order valence-corrected chi connectivity index (χ0v) is 18.6. The highest BCUT2D eigenvalue weighted by molar-refractivity contribution is 6.46. The molecule has 0 atom stereocenters. The first kappa shape index (κ1) is 21.4. The lowest BCUT2D eigenvalue weighted by Gasteiger charge is -2.33. The van der Waals surface area contributed by atoms with Crippen LogP contribution in [0, 0.1) is 0 Å². The number of carbonyl (C=O) groups is 3. The molecule has 3 aromatic carbocycles. The first-order chi connectivity index (χ1) is 16.5. The van der Waals surface area contributed by atoms with Gasteiger partial charge in [0.2, 0.25) is 0 Å². The number of imide groups is 2. The highest BCUT2D eigenvalue weighted by Crippen LogP contribution is 2.30. The number of hydrogen-bond donors (Lipinski definition) is 0. The minimum Gasteiger partial charge on any atom is -0.317 e. The molecule has 0 aliphatic carbocycles. The van der Waals surface area contributed by atoms with Gasteiger partial charge in [0.15, 0.2) is 0 Å². The molecule has 5 rings (SSSR count). The van der Waals surface area contributed by atoms with Gasteiger partial charge in [-0.15, -0.1) is 0 Å². The molecular formula is C27H18ClN3O3. The molecule has 6 nitrogen and oxygen atoms in total. The Morgan fingerprint density at radius 3 is 1.65 bits per heavy atom. The molecule has 166 valence electrons. The summed E-state index contributed by atoms with van der Waals surface area (Å²) in [6.07, 6.45) is 3.33. The molecule has 4 aromatic rings. The first-order valence-electron chi connectivity index (χ1n) is 10.5. The van der Waals surface area contributed by atoms with E-state index in [1.54, 1.807) is 78.9 Å². The van der Waals surface area contributed by atoms with Crippen LogP contribution in [-0.2, 0) is 9.59 Å². The number of amides is 4. The zero-order valence-electron chi connectivity index (χ0n) is 17.8. The minimum absolute atomic E-state index is 0.124. The molecule has 4 amide bonds. The van der Waals surface area contributed by atoms with E-state index in [9.17, 15) is 14.4 Å². The summed E-state index contributed by atoms with van der Waals surface area (Å²) in [7, 11) is 0. The molecule has 0 saturated carbocycles. The van der Waals surface area contributed by atoms with E-state index in [0.717, 1.165) is 15.5 Å². The lowest BCUT2D eigenvalue weighted by Crippen LogP contribution is -2.57. The van der Waals surface area contributed by atoms with E-state index in [-0.39, 0.29) is 5.57 Å². The smallest absolute Gasteiger partial charge is 0.317 e. The topological polar surface area (TPSA) is 62.6 Å². The fourth-order valence-electron chi connectivity index (χ4n) is 3.84. The van der Waals surface area contributed by atoms with Crippen molar-refractivity contribution in [2.45, 2.75) is 0 Å². The molecule has 34 heavy (non-hydrogen) atoms. The van der Waals surface area contributed by atoms with Crippen molar-refractivity contribution < 1.29 is 14.4 Å². The van der Waals surface area contributed by atoms with Gasteiger partial charge in [-0.2, -0.15) is 0 Å². The number of benzene rings is 3. The van der Waals surface area contributed by atoms with Crippen LogP contribution in [0.2, 0.25) is 5.02 Å². The van der Waals surface area contributed by atoms with Gasteiger partial charge in [-0.25, -0.2) is 14.6 Å². The predicted molar refractivity (Wildman–Crippen MR) is 132 cm³/mol. The van der Waals surface area contributed by atoms with Crippen molar-refractivity contribution in [1.29, 1.82) is 0 Å². The SMILES string of the molecule is O=C1C(=Cc2cccn2-c2ccc(Cl)cc2)C(=O)N(c2ccccc2)C(=O)N1c1ccccc1. The number of hydrogen-bond acceptors (Lipinski definition) is 3. The van der Waals surface area contributed by atoms with Crippen molar-refractivity contribution in [2.75, 3.05) is 9.80 Å². The van der Waals surface area contributed by atoms with Crippen LogP contribution in [0.5, 0.6) is 0 Å². The lowest BCUT2D eigenvalue weighted by atomic mass is 10.1. The number of carbonyl (C=O) groups excluding carboxylic acids is 3. The number of anilines is 2. The van der Waals surface area contributed by atoms with Gasteiger partial charge in [0.05, 0.1) is 11.4 Å². The van der Waals surface area contributed by atoms with Gasteiger partial charge in [-0.3, -0.25) is 9.59 Å². The molecule has 7 heteroatoms. The summed E-state index contributed by atoms with van der Waals surface area (Å²) in [5, 5.41) is 0.601. The van der Waals surface area contributed by atoms with Crippen LogP contribution >= 0.6 is 11.6 Å². The molecule has 1 aliphatic heterocycles. The van der Waals surface area contributed by atoms with Gasteiger partial charge in [0.25, 0.3) is 11.8 Å². The summed E-state index contributed by atoms with van der Waals surface area (Å²) in [4.78, 5) is 42.4. The highest BCUT2D eigenvalue weighted by Gasteiger charge is 2.43. The molecular weight excluding hydrogens is 450 g/mol. The van der Waals surface area contributed by atoms with E-state index in [1.165, 1.54) is 6.08 Å². The Morgan fingerprint density at radius 1 is 0.588 bits per heavy atom. The molecule has 0 radical (unpaired) electrons. The van der Waals surface area contributed by atoms with Crippen molar-refractivity contribution in [1.82, 2.24) is 4.57 Å². The van der Waals surface area contributed by atoms with Crippen LogP contribution in [0.1, 0.15) is 5.69 Å². The van der Waals surface area contributed by atoms with E-state index >= 15 is 0 Å². The number of rotatable bonds is 4. The number of halogens is 1. The Labute approximate surface area is 200 Å². The molecule has 1 saturated heterocycles. The predicted octanol–water partition coefficient (Wildman–Crippen LogP) is 5.71. The van der Waals surface area contributed by atoms with Crippen molar-refractivity contribution >= 4 is 46.9 Å². The number of urea groups is 1. The Bertz CT molecular complexity index is 1350. The summed E-state index contributed by atoms with van der Waals surface area (Å²) in [6, 6.07) is 27.2. The largest absolute Gasteiger partial charge is 0.343 e. The quantitative estimate of drug-likeness (QED) is 0.285. The third-order valence-corrected chi connectivity index (χ3v) is 5.71.